The van der Waals surface area contributed by atoms with Crippen molar-refractivity contribution in [1.29, 1.82) is 0 Å². The predicted octanol–water partition coefficient (Wildman–Crippen LogP) is 4.14. The first kappa shape index (κ1) is 22.1. The Morgan fingerprint density at radius 2 is 2.03 bits per heavy atom. The van der Waals surface area contributed by atoms with Crippen molar-refractivity contribution in [3.63, 3.8) is 0 Å². The third-order valence-corrected chi connectivity index (χ3v) is 8.15. The highest BCUT2D eigenvalue weighted by atomic mass is 32.2. The number of thioether (sulfide) groups is 1. The van der Waals surface area contributed by atoms with Gasteiger partial charge in [-0.1, -0.05) is 36.4 Å². The van der Waals surface area contributed by atoms with Crippen LogP contribution in [0.1, 0.15) is 50.6 Å². The van der Waals surface area contributed by atoms with Crippen LogP contribution in [0.2, 0.25) is 0 Å². The number of aliphatic imine (C=N–C) groups is 1. The van der Waals surface area contributed by atoms with Crippen LogP contribution in [0.3, 0.4) is 0 Å². The predicted molar refractivity (Wildman–Crippen MR) is 127 cm³/mol. The highest BCUT2D eigenvalue weighted by molar-refractivity contribution is 8.16. The number of rotatable bonds is 6. The number of hydrogen-bond acceptors (Lipinski definition) is 7. The number of ether oxygens (including phenoxy) is 2. The van der Waals surface area contributed by atoms with Crippen molar-refractivity contribution in [2.45, 2.75) is 51.1 Å². The summed E-state index contributed by atoms with van der Waals surface area (Å²) in [4.78, 5) is 32.6. The lowest BCUT2D eigenvalue weighted by molar-refractivity contribution is -0.136. The van der Waals surface area contributed by atoms with E-state index >= 15 is 0 Å². The number of esters is 1. The van der Waals surface area contributed by atoms with Crippen LogP contribution in [0.4, 0.5) is 0 Å². The second-order valence-electron chi connectivity index (χ2n) is 9.15. The smallest absolute Gasteiger partial charge is 0.338 e. The van der Waals surface area contributed by atoms with E-state index in [0.29, 0.717) is 22.9 Å². The first-order valence-corrected chi connectivity index (χ1v) is 12.3. The molecule has 2 saturated carbocycles. The molecule has 2 heterocycles. The number of amidine groups is 1. The fourth-order valence-corrected chi connectivity index (χ4v) is 6.74. The summed E-state index contributed by atoms with van der Waals surface area (Å²) in [5.74, 6) is 1.64. The van der Waals surface area contributed by atoms with Gasteiger partial charge in [-0.2, -0.15) is 0 Å². The van der Waals surface area contributed by atoms with Gasteiger partial charge in [0.25, 0.3) is 0 Å². The third kappa shape index (κ3) is 3.94. The van der Waals surface area contributed by atoms with E-state index in [1.54, 1.807) is 7.11 Å². The van der Waals surface area contributed by atoms with Gasteiger partial charge in [0.2, 0.25) is 5.91 Å². The number of allylic oxidation sites excluding steroid dienone is 1. The molecule has 33 heavy (non-hydrogen) atoms. The fraction of sp³-hybridized carbons (Fsp3) is 0.480. The molecule has 4 aliphatic rings. The average Bonchev–Trinajstić information content (AvgIpc) is 3.54. The molecule has 0 radical (unpaired) electrons. The van der Waals surface area contributed by atoms with E-state index in [9.17, 15) is 9.59 Å². The summed E-state index contributed by atoms with van der Waals surface area (Å²) in [6, 6.07) is 7.43. The van der Waals surface area contributed by atoms with Crippen LogP contribution in [-0.4, -0.2) is 42.2 Å². The van der Waals surface area contributed by atoms with Gasteiger partial charge in [0.15, 0.2) is 5.17 Å². The molecule has 2 bridgehead atoms. The summed E-state index contributed by atoms with van der Waals surface area (Å²) in [5, 5.41) is 6.00. The Morgan fingerprint density at radius 1 is 1.21 bits per heavy atom. The maximum atomic E-state index is 13.1. The van der Waals surface area contributed by atoms with Crippen LogP contribution in [0.15, 0.2) is 51.6 Å². The van der Waals surface area contributed by atoms with Gasteiger partial charge in [-0.3, -0.25) is 4.79 Å². The summed E-state index contributed by atoms with van der Waals surface area (Å²) < 4.78 is 10.8. The van der Waals surface area contributed by atoms with Crippen molar-refractivity contribution < 1.29 is 19.1 Å². The minimum absolute atomic E-state index is 0.0188. The zero-order valence-corrected chi connectivity index (χ0v) is 20.0. The van der Waals surface area contributed by atoms with Crippen molar-refractivity contribution in [3.05, 3.63) is 52.2 Å². The lowest BCUT2D eigenvalue weighted by atomic mass is 9.93. The Labute approximate surface area is 198 Å². The summed E-state index contributed by atoms with van der Waals surface area (Å²) >= 11 is 1.48. The molecule has 1 aromatic carbocycles. The van der Waals surface area contributed by atoms with Crippen LogP contribution in [0, 0.1) is 11.8 Å². The monoisotopic (exact) mass is 467 g/mol. The molecule has 5 rings (SSSR count). The Kier molecular flexibility index (Phi) is 5.95. The number of para-hydroxylation sites is 1. The number of nitrogens with zero attached hydrogens (tertiary/aromatic N) is 2. The van der Waals surface area contributed by atoms with E-state index in [1.165, 1.54) is 38.1 Å². The number of benzene rings is 1. The van der Waals surface area contributed by atoms with Crippen LogP contribution >= 0.6 is 11.8 Å². The number of fused-ring (bicyclic) bond motifs is 3. The molecule has 0 aromatic heterocycles. The molecule has 1 aromatic rings. The molecule has 0 spiro atoms. The Bertz CT molecular complexity index is 1080. The van der Waals surface area contributed by atoms with E-state index in [-0.39, 0.29) is 18.4 Å². The molecule has 0 unspecified atom stereocenters. The zero-order chi connectivity index (χ0) is 23.1. The molecule has 2 aliphatic carbocycles. The van der Waals surface area contributed by atoms with Gasteiger partial charge in [0, 0.05) is 17.3 Å². The van der Waals surface area contributed by atoms with Gasteiger partial charge in [0.05, 0.1) is 38.0 Å². The van der Waals surface area contributed by atoms with Crippen molar-refractivity contribution in [1.82, 2.24) is 10.2 Å². The van der Waals surface area contributed by atoms with Gasteiger partial charge in [-0.05, 0) is 49.5 Å². The van der Waals surface area contributed by atoms with Crippen LogP contribution in [0.5, 0.6) is 5.75 Å². The Morgan fingerprint density at radius 3 is 2.73 bits per heavy atom. The van der Waals surface area contributed by atoms with E-state index < -0.39 is 12.0 Å². The molecule has 174 valence electrons. The summed E-state index contributed by atoms with van der Waals surface area (Å²) in [5.41, 5.74) is 2.71. The van der Waals surface area contributed by atoms with Gasteiger partial charge in [-0.15, -0.1) is 0 Å². The average molecular weight is 468 g/mol. The SMILES string of the molecule is COC(=O)C1=C(C)N=C2SC=C(CC(=O)N[C@H]3C[C@H]4CC[C@H]3C4)N2[C@@H]1c1ccccc1OC. The standard InChI is InChI=1S/C25H29N3O4S/c1-14-22(24(30)32-3)23(18-6-4-5-7-20(18)31-2)28-17(13-33-25(28)26-14)12-21(29)27-19-11-15-8-9-16(19)10-15/h4-7,13,15-16,19,23H,8-12H2,1-3H3,(H,27,29)/t15-,16-,19-,23+/m0/s1. The highest BCUT2D eigenvalue weighted by Gasteiger charge is 2.43. The molecule has 4 atom stereocenters. The minimum atomic E-state index is -0.488. The topological polar surface area (TPSA) is 80.2 Å². The van der Waals surface area contributed by atoms with Crippen molar-refractivity contribution in [2.75, 3.05) is 14.2 Å². The number of carbonyl (C=O) groups excluding carboxylic acids is 2. The normalized spacial score (nSPS) is 27.8. The summed E-state index contributed by atoms with van der Waals surface area (Å²) in [7, 11) is 2.99. The van der Waals surface area contributed by atoms with Crippen molar-refractivity contribution >= 4 is 28.8 Å². The van der Waals surface area contributed by atoms with Crippen LogP contribution in [0.25, 0.3) is 0 Å². The van der Waals surface area contributed by atoms with Crippen LogP contribution in [-0.2, 0) is 14.3 Å². The second kappa shape index (κ2) is 8.89. The van der Waals surface area contributed by atoms with Gasteiger partial charge in [-0.25, -0.2) is 9.79 Å². The second-order valence-corrected chi connectivity index (χ2v) is 9.99. The minimum Gasteiger partial charge on any atom is -0.496 e. The van der Waals surface area contributed by atoms with E-state index in [2.05, 4.69) is 10.3 Å². The highest BCUT2D eigenvalue weighted by Crippen LogP contribution is 2.47. The Hall–Kier alpha value is -2.74. The maximum absolute atomic E-state index is 13.1. The number of nitrogens with one attached hydrogen (secondary N) is 1. The van der Waals surface area contributed by atoms with E-state index in [0.717, 1.165) is 28.8 Å². The quantitative estimate of drug-likeness (QED) is 0.634. The van der Waals surface area contributed by atoms with Crippen molar-refractivity contribution in [3.8, 4) is 5.75 Å². The molecule has 2 aliphatic heterocycles. The van der Waals surface area contributed by atoms with E-state index in [1.807, 2.05) is 41.5 Å². The van der Waals surface area contributed by atoms with Gasteiger partial charge in [0.1, 0.15) is 5.75 Å². The molecule has 2 fully saturated rings. The number of amides is 1. The molecular weight excluding hydrogens is 438 g/mol. The molecule has 8 heteroatoms. The van der Waals surface area contributed by atoms with Crippen LogP contribution < -0.4 is 10.1 Å². The molecule has 7 nitrogen and oxygen atoms in total. The molecular formula is C25H29N3O4S. The Balaban J connectivity index is 1.44. The molecule has 1 amide bonds. The zero-order valence-electron chi connectivity index (χ0n) is 19.2. The third-order valence-electron chi connectivity index (χ3n) is 7.27. The largest absolute Gasteiger partial charge is 0.496 e. The maximum Gasteiger partial charge on any atom is 0.338 e. The molecule has 1 N–H and O–H groups in total. The van der Waals surface area contributed by atoms with Gasteiger partial charge < -0.3 is 19.7 Å². The molecule has 0 saturated heterocycles. The van der Waals surface area contributed by atoms with Gasteiger partial charge >= 0.3 is 5.97 Å². The summed E-state index contributed by atoms with van der Waals surface area (Å²) in [6.45, 7) is 1.82. The van der Waals surface area contributed by atoms with Crippen molar-refractivity contribution in [2.24, 2.45) is 16.8 Å². The van der Waals surface area contributed by atoms with E-state index in [4.69, 9.17) is 9.47 Å². The number of methoxy groups -OCH3 is 2. The summed E-state index contributed by atoms with van der Waals surface area (Å²) in [6.07, 6.45) is 5.10. The first-order valence-electron chi connectivity index (χ1n) is 11.4. The number of carbonyl (C=O) groups is 2. The fourth-order valence-electron chi connectivity index (χ4n) is 5.77. The number of hydrogen-bond donors (Lipinski definition) is 1. The lowest BCUT2D eigenvalue weighted by Gasteiger charge is -2.36. The first-order chi connectivity index (χ1) is 16.0. The lowest BCUT2D eigenvalue weighted by Crippen LogP contribution is -2.41.